The van der Waals surface area contributed by atoms with E-state index in [1.54, 1.807) is 0 Å². The van der Waals surface area contributed by atoms with Gasteiger partial charge in [-0.05, 0) is 38.0 Å². The lowest BCUT2D eigenvalue weighted by atomic mass is 10.1. The van der Waals surface area contributed by atoms with Gasteiger partial charge >= 0.3 is 6.03 Å². The fourth-order valence-electron chi connectivity index (χ4n) is 3.10. The lowest BCUT2D eigenvalue weighted by Gasteiger charge is -2.35. The smallest absolute Gasteiger partial charge is 0.317 e. The van der Waals surface area contributed by atoms with Crippen LogP contribution in [-0.4, -0.2) is 52.9 Å². The van der Waals surface area contributed by atoms with Gasteiger partial charge in [0.1, 0.15) is 0 Å². The SMILES string of the molecule is CCc1noc(-c2ccc(CCNC(=O)N3CC(C)OC(C)C3)cc2)n1. The van der Waals surface area contributed by atoms with E-state index in [1.165, 1.54) is 0 Å². The zero-order valence-electron chi connectivity index (χ0n) is 15.6. The minimum absolute atomic E-state index is 0.0263. The number of ether oxygens (including phenoxy) is 1. The molecular formula is C19H26N4O3. The number of carbonyl (C=O) groups is 1. The summed E-state index contributed by atoms with van der Waals surface area (Å²) in [6, 6.07) is 7.96. The molecule has 1 N–H and O–H groups in total. The number of aryl methyl sites for hydroxylation is 1. The summed E-state index contributed by atoms with van der Waals surface area (Å²) in [7, 11) is 0. The van der Waals surface area contributed by atoms with Gasteiger partial charge in [0.2, 0.25) is 0 Å². The highest BCUT2D eigenvalue weighted by Crippen LogP contribution is 2.18. The van der Waals surface area contributed by atoms with Crippen LogP contribution in [0.5, 0.6) is 0 Å². The molecule has 2 heterocycles. The van der Waals surface area contributed by atoms with Crippen molar-refractivity contribution in [1.29, 1.82) is 0 Å². The Kier molecular flexibility index (Phi) is 5.88. The molecule has 2 unspecified atom stereocenters. The summed E-state index contributed by atoms with van der Waals surface area (Å²) in [6.07, 6.45) is 1.68. The molecule has 2 amide bonds. The van der Waals surface area contributed by atoms with E-state index in [9.17, 15) is 4.79 Å². The van der Waals surface area contributed by atoms with Gasteiger partial charge in [0.25, 0.3) is 5.89 Å². The first kappa shape index (κ1) is 18.4. The summed E-state index contributed by atoms with van der Waals surface area (Å²) in [6.45, 7) is 7.83. The number of amides is 2. The third kappa shape index (κ3) is 4.60. The molecule has 1 fully saturated rings. The summed E-state index contributed by atoms with van der Waals surface area (Å²) < 4.78 is 10.9. The van der Waals surface area contributed by atoms with Gasteiger partial charge in [0.05, 0.1) is 12.2 Å². The molecule has 26 heavy (non-hydrogen) atoms. The Morgan fingerprint density at radius 3 is 2.54 bits per heavy atom. The zero-order valence-corrected chi connectivity index (χ0v) is 15.6. The van der Waals surface area contributed by atoms with Crippen LogP contribution >= 0.6 is 0 Å². The Hall–Kier alpha value is -2.41. The number of benzene rings is 1. The summed E-state index contributed by atoms with van der Waals surface area (Å²) >= 11 is 0. The molecule has 1 aromatic carbocycles. The van der Waals surface area contributed by atoms with Crippen molar-refractivity contribution >= 4 is 6.03 Å². The molecule has 7 nitrogen and oxygen atoms in total. The van der Waals surface area contributed by atoms with Crippen LogP contribution < -0.4 is 5.32 Å². The van der Waals surface area contributed by atoms with E-state index < -0.39 is 0 Å². The Morgan fingerprint density at radius 1 is 1.23 bits per heavy atom. The quantitative estimate of drug-likeness (QED) is 0.889. The average Bonchev–Trinajstić information content (AvgIpc) is 3.10. The van der Waals surface area contributed by atoms with Crippen molar-refractivity contribution in [1.82, 2.24) is 20.4 Å². The molecule has 140 valence electrons. The summed E-state index contributed by atoms with van der Waals surface area (Å²) in [5, 5.41) is 6.90. The van der Waals surface area contributed by atoms with E-state index in [2.05, 4.69) is 15.5 Å². The maximum Gasteiger partial charge on any atom is 0.317 e. The number of morpholine rings is 1. The lowest BCUT2D eigenvalue weighted by molar-refractivity contribution is -0.0544. The van der Waals surface area contributed by atoms with E-state index in [0.717, 1.165) is 24.0 Å². The molecule has 7 heteroatoms. The average molecular weight is 358 g/mol. The highest BCUT2D eigenvalue weighted by Gasteiger charge is 2.25. The molecule has 1 saturated heterocycles. The molecule has 0 aliphatic carbocycles. The van der Waals surface area contributed by atoms with Crippen LogP contribution in [-0.2, 0) is 17.6 Å². The fourth-order valence-corrected chi connectivity index (χ4v) is 3.10. The first-order valence-electron chi connectivity index (χ1n) is 9.15. The van der Waals surface area contributed by atoms with Crippen LogP contribution in [0.2, 0.25) is 0 Å². The number of hydrogen-bond acceptors (Lipinski definition) is 5. The summed E-state index contributed by atoms with van der Waals surface area (Å²) in [4.78, 5) is 18.4. The van der Waals surface area contributed by atoms with Gasteiger partial charge in [0.15, 0.2) is 5.82 Å². The highest BCUT2D eigenvalue weighted by molar-refractivity contribution is 5.74. The Bertz CT molecular complexity index is 719. The van der Waals surface area contributed by atoms with Gasteiger partial charge in [0, 0.05) is 31.6 Å². The number of rotatable bonds is 5. The Morgan fingerprint density at radius 2 is 1.92 bits per heavy atom. The number of urea groups is 1. The number of carbonyl (C=O) groups excluding carboxylic acids is 1. The maximum absolute atomic E-state index is 12.3. The van der Waals surface area contributed by atoms with Crippen LogP contribution in [0.3, 0.4) is 0 Å². The molecule has 1 aliphatic heterocycles. The second kappa shape index (κ2) is 8.31. The second-order valence-corrected chi connectivity index (χ2v) is 6.71. The third-order valence-corrected chi connectivity index (χ3v) is 4.38. The van der Waals surface area contributed by atoms with Crippen molar-refractivity contribution in [3.05, 3.63) is 35.7 Å². The molecule has 0 radical (unpaired) electrons. The lowest BCUT2D eigenvalue weighted by Crippen LogP contribution is -2.51. The van der Waals surface area contributed by atoms with Crippen molar-refractivity contribution < 1.29 is 14.1 Å². The van der Waals surface area contributed by atoms with E-state index in [-0.39, 0.29) is 18.2 Å². The van der Waals surface area contributed by atoms with Crippen molar-refractivity contribution in [2.45, 2.75) is 45.8 Å². The van der Waals surface area contributed by atoms with Crippen LogP contribution in [0.4, 0.5) is 4.79 Å². The summed E-state index contributed by atoms with van der Waals surface area (Å²) in [5.41, 5.74) is 2.05. The Labute approximate surface area is 153 Å². The number of nitrogens with zero attached hydrogens (tertiary/aromatic N) is 3. The van der Waals surface area contributed by atoms with Gasteiger partial charge in [-0.2, -0.15) is 4.98 Å². The summed E-state index contributed by atoms with van der Waals surface area (Å²) in [5.74, 6) is 1.25. The highest BCUT2D eigenvalue weighted by atomic mass is 16.5. The minimum Gasteiger partial charge on any atom is -0.372 e. The predicted molar refractivity (Wildman–Crippen MR) is 97.8 cm³/mol. The minimum atomic E-state index is -0.0263. The van der Waals surface area contributed by atoms with Crippen molar-refractivity contribution in [2.75, 3.05) is 19.6 Å². The van der Waals surface area contributed by atoms with Crippen molar-refractivity contribution in [3.63, 3.8) is 0 Å². The number of nitrogens with one attached hydrogen (secondary N) is 1. The number of hydrogen-bond donors (Lipinski definition) is 1. The van der Waals surface area contributed by atoms with Crippen molar-refractivity contribution in [2.24, 2.45) is 0 Å². The molecule has 1 aromatic heterocycles. The molecular weight excluding hydrogens is 332 g/mol. The van der Waals surface area contributed by atoms with Gasteiger partial charge in [-0.3, -0.25) is 0 Å². The van der Waals surface area contributed by atoms with Crippen LogP contribution in [0.25, 0.3) is 11.5 Å². The molecule has 2 atom stereocenters. The van der Waals surface area contributed by atoms with Crippen LogP contribution in [0.15, 0.2) is 28.8 Å². The largest absolute Gasteiger partial charge is 0.372 e. The Balaban J connectivity index is 1.48. The predicted octanol–water partition coefficient (Wildman–Crippen LogP) is 2.66. The standard InChI is InChI=1S/C19H26N4O3/c1-4-17-21-18(26-22-17)16-7-5-15(6-8-16)9-10-20-19(24)23-11-13(2)25-14(3)12-23/h5-8,13-14H,4,9-12H2,1-3H3,(H,20,24). The normalized spacial score (nSPS) is 20.2. The molecule has 0 bridgehead atoms. The van der Waals surface area contributed by atoms with E-state index in [1.807, 2.05) is 49.9 Å². The number of aromatic nitrogens is 2. The van der Waals surface area contributed by atoms with Gasteiger partial charge < -0.3 is 19.5 Å². The van der Waals surface area contributed by atoms with E-state index >= 15 is 0 Å². The molecule has 2 aromatic rings. The van der Waals surface area contributed by atoms with Gasteiger partial charge in [-0.15, -0.1) is 0 Å². The molecule has 0 saturated carbocycles. The van der Waals surface area contributed by atoms with Gasteiger partial charge in [-0.25, -0.2) is 4.79 Å². The third-order valence-electron chi connectivity index (χ3n) is 4.38. The molecule has 3 rings (SSSR count). The van der Waals surface area contributed by atoms with E-state index in [0.29, 0.717) is 31.3 Å². The maximum atomic E-state index is 12.3. The van der Waals surface area contributed by atoms with Crippen molar-refractivity contribution in [3.8, 4) is 11.5 Å². The first-order chi connectivity index (χ1) is 12.5. The monoisotopic (exact) mass is 358 g/mol. The second-order valence-electron chi connectivity index (χ2n) is 6.71. The van der Waals surface area contributed by atoms with Crippen LogP contribution in [0, 0.1) is 0 Å². The molecule has 1 aliphatic rings. The van der Waals surface area contributed by atoms with Crippen LogP contribution in [0.1, 0.15) is 32.2 Å². The zero-order chi connectivity index (χ0) is 18.5. The molecule has 0 spiro atoms. The fraction of sp³-hybridized carbons (Fsp3) is 0.526. The van der Waals surface area contributed by atoms with E-state index in [4.69, 9.17) is 9.26 Å². The first-order valence-corrected chi connectivity index (χ1v) is 9.15. The topological polar surface area (TPSA) is 80.5 Å². The van der Waals surface area contributed by atoms with Gasteiger partial charge in [-0.1, -0.05) is 24.2 Å².